The van der Waals surface area contributed by atoms with Crippen molar-refractivity contribution < 1.29 is 9.15 Å². The van der Waals surface area contributed by atoms with Crippen LogP contribution in [0, 0.1) is 6.92 Å². The van der Waals surface area contributed by atoms with Gasteiger partial charge in [-0.25, -0.2) is 9.80 Å². The highest BCUT2D eigenvalue weighted by Gasteiger charge is 2.32. The second-order valence-corrected chi connectivity index (χ2v) is 6.13. The Morgan fingerprint density at radius 1 is 1.45 bits per heavy atom. The average molecular weight is 365 g/mol. The average Bonchev–Trinajstić information content (AvgIpc) is 2.81. The van der Waals surface area contributed by atoms with Gasteiger partial charge in [0.05, 0.1) is 13.2 Å². The minimum absolute atomic E-state index is 0.0989. The number of hydrogen-bond donors (Lipinski definition) is 1. The number of hydrogen-bond acceptors (Lipinski definition) is 5. The zero-order valence-electron chi connectivity index (χ0n) is 12.6. The standard InChI is InChI=1S/C16H17BrN2O3/c1-9-13-10(2)19(18-15(13)22-16(20)14(9)17)8-11-5-4-6-12(7-11)21-3/h4-7,10,18H,8H2,1-3H3. The largest absolute Gasteiger partial charge is 0.497 e. The number of nitrogens with zero attached hydrogens (tertiary/aromatic N) is 1. The summed E-state index contributed by atoms with van der Waals surface area (Å²) in [5.74, 6) is 1.36. The molecule has 2 heterocycles. The van der Waals surface area contributed by atoms with E-state index >= 15 is 0 Å². The van der Waals surface area contributed by atoms with Crippen LogP contribution >= 0.6 is 15.9 Å². The van der Waals surface area contributed by atoms with Gasteiger partial charge >= 0.3 is 5.63 Å². The summed E-state index contributed by atoms with van der Waals surface area (Å²) < 4.78 is 11.1. The Bertz CT molecular complexity index is 772. The Labute approximate surface area is 137 Å². The van der Waals surface area contributed by atoms with E-state index < -0.39 is 0 Å². The van der Waals surface area contributed by atoms with Crippen LogP contribution in [-0.4, -0.2) is 12.1 Å². The van der Waals surface area contributed by atoms with E-state index in [2.05, 4.69) is 28.3 Å². The van der Waals surface area contributed by atoms with Crippen LogP contribution in [0.2, 0.25) is 0 Å². The van der Waals surface area contributed by atoms with Crippen molar-refractivity contribution in [3.8, 4) is 5.75 Å². The molecule has 0 aliphatic carbocycles. The lowest BCUT2D eigenvalue weighted by Gasteiger charge is -2.21. The van der Waals surface area contributed by atoms with Crippen molar-refractivity contribution in [2.24, 2.45) is 0 Å². The van der Waals surface area contributed by atoms with Crippen molar-refractivity contribution in [2.45, 2.75) is 26.4 Å². The highest BCUT2D eigenvalue weighted by Crippen LogP contribution is 2.39. The molecule has 1 aliphatic heterocycles. The summed E-state index contributed by atoms with van der Waals surface area (Å²) in [6.45, 7) is 4.68. The third-order valence-corrected chi connectivity index (χ3v) is 4.89. The van der Waals surface area contributed by atoms with E-state index in [1.807, 2.05) is 36.2 Å². The second kappa shape index (κ2) is 5.78. The highest BCUT2D eigenvalue weighted by atomic mass is 79.9. The Morgan fingerprint density at radius 3 is 2.95 bits per heavy atom. The number of anilines is 1. The van der Waals surface area contributed by atoms with Gasteiger partial charge in [-0.2, -0.15) is 0 Å². The van der Waals surface area contributed by atoms with E-state index in [4.69, 9.17) is 9.15 Å². The fraction of sp³-hybridized carbons (Fsp3) is 0.312. The van der Waals surface area contributed by atoms with E-state index in [0.717, 1.165) is 22.4 Å². The summed E-state index contributed by atoms with van der Waals surface area (Å²) in [5, 5.41) is 2.04. The lowest BCUT2D eigenvalue weighted by atomic mass is 10.1. The van der Waals surface area contributed by atoms with Crippen molar-refractivity contribution in [1.29, 1.82) is 0 Å². The topological polar surface area (TPSA) is 54.7 Å². The number of rotatable bonds is 3. The first-order valence-electron chi connectivity index (χ1n) is 7.00. The van der Waals surface area contributed by atoms with Crippen molar-refractivity contribution in [3.63, 3.8) is 0 Å². The summed E-state index contributed by atoms with van der Waals surface area (Å²) in [4.78, 5) is 11.8. The van der Waals surface area contributed by atoms with Gasteiger partial charge in [0.15, 0.2) is 0 Å². The maximum Gasteiger partial charge on any atom is 0.352 e. The number of ether oxygens (including phenoxy) is 1. The van der Waals surface area contributed by atoms with Crippen LogP contribution < -0.4 is 15.8 Å². The molecule has 6 heteroatoms. The number of fused-ring (bicyclic) bond motifs is 1. The molecule has 5 nitrogen and oxygen atoms in total. The van der Waals surface area contributed by atoms with Gasteiger partial charge in [-0.3, -0.25) is 5.43 Å². The van der Waals surface area contributed by atoms with Crippen molar-refractivity contribution >= 4 is 21.8 Å². The maximum absolute atomic E-state index is 11.8. The minimum atomic E-state index is -0.362. The van der Waals surface area contributed by atoms with E-state index in [1.165, 1.54) is 0 Å². The molecule has 0 saturated heterocycles. The molecule has 1 aromatic heterocycles. The highest BCUT2D eigenvalue weighted by molar-refractivity contribution is 9.10. The van der Waals surface area contributed by atoms with Crippen LogP contribution in [0.25, 0.3) is 0 Å². The predicted octanol–water partition coefficient (Wildman–Crippen LogP) is 3.62. The summed E-state index contributed by atoms with van der Waals surface area (Å²) in [5.41, 5.74) is 5.86. The molecule has 1 N–H and O–H groups in total. The van der Waals surface area contributed by atoms with Gasteiger partial charge in [-0.1, -0.05) is 12.1 Å². The molecule has 0 radical (unpaired) electrons. The molecule has 116 valence electrons. The molecular weight excluding hydrogens is 348 g/mol. The molecule has 22 heavy (non-hydrogen) atoms. The first-order chi connectivity index (χ1) is 10.5. The maximum atomic E-state index is 11.8. The minimum Gasteiger partial charge on any atom is -0.497 e. The summed E-state index contributed by atoms with van der Waals surface area (Å²) in [6, 6.07) is 8.01. The van der Waals surface area contributed by atoms with Crippen molar-refractivity contribution in [2.75, 3.05) is 12.5 Å². The van der Waals surface area contributed by atoms with E-state index in [9.17, 15) is 4.79 Å². The summed E-state index contributed by atoms with van der Waals surface area (Å²) in [7, 11) is 1.65. The lowest BCUT2D eigenvalue weighted by molar-refractivity contribution is 0.267. The normalized spacial score (nSPS) is 17.2. The van der Waals surface area contributed by atoms with Gasteiger partial charge in [0.25, 0.3) is 0 Å². The third-order valence-electron chi connectivity index (χ3n) is 3.97. The SMILES string of the molecule is COc1cccc(CN2Nc3oc(=O)c(Br)c(C)c3C2C)c1. The molecule has 2 aromatic rings. The number of nitrogens with one attached hydrogen (secondary N) is 1. The predicted molar refractivity (Wildman–Crippen MR) is 88.0 cm³/mol. The Balaban J connectivity index is 1.89. The zero-order valence-corrected chi connectivity index (χ0v) is 14.2. The van der Waals surface area contributed by atoms with Crippen molar-refractivity contribution in [3.05, 3.63) is 55.8 Å². The Morgan fingerprint density at radius 2 is 2.23 bits per heavy atom. The van der Waals surface area contributed by atoms with Gasteiger partial charge in [-0.05, 0) is 53.0 Å². The zero-order chi connectivity index (χ0) is 15.9. The van der Waals surface area contributed by atoms with E-state index in [0.29, 0.717) is 16.9 Å². The molecule has 0 fully saturated rings. The number of methoxy groups -OCH3 is 1. The van der Waals surface area contributed by atoms with Crippen LogP contribution in [-0.2, 0) is 6.54 Å². The molecular formula is C16H17BrN2O3. The lowest BCUT2D eigenvalue weighted by Crippen LogP contribution is -2.26. The number of halogens is 1. The first-order valence-corrected chi connectivity index (χ1v) is 7.80. The van der Waals surface area contributed by atoms with Gasteiger partial charge in [0, 0.05) is 12.1 Å². The second-order valence-electron chi connectivity index (χ2n) is 5.34. The summed E-state index contributed by atoms with van der Waals surface area (Å²) in [6.07, 6.45) is 0. The smallest absolute Gasteiger partial charge is 0.352 e. The van der Waals surface area contributed by atoms with Gasteiger partial charge in [0.1, 0.15) is 10.2 Å². The summed E-state index contributed by atoms with van der Waals surface area (Å²) >= 11 is 3.30. The van der Waals surface area contributed by atoms with Crippen LogP contribution in [0.1, 0.15) is 29.7 Å². The molecule has 1 unspecified atom stereocenters. The first kappa shape index (κ1) is 15.1. The molecule has 1 atom stereocenters. The molecule has 1 aliphatic rings. The fourth-order valence-corrected chi connectivity index (χ4v) is 3.04. The third kappa shape index (κ3) is 2.53. The van der Waals surface area contributed by atoms with Crippen LogP contribution in [0.4, 0.5) is 5.88 Å². The fourth-order valence-electron chi connectivity index (χ4n) is 2.75. The van der Waals surface area contributed by atoms with E-state index in [-0.39, 0.29) is 11.7 Å². The van der Waals surface area contributed by atoms with Crippen LogP contribution in [0.15, 0.2) is 37.9 Å². The molecule has 0 amide bonds. The molecule has 0 spiro atoms. The van der Waals surface area contributed by atoms with Gasteiger partial charge < -0.3 is 9.15 Å². The van der Waals surface area contributed by atoms with Crippen LogP contribution in [0.5, 0.6) is 5.75 Å². The Kier molecular flexibility index (Phi) is 3.97. The van der Waals surface area contributed by atoms with Gasteiger partial charge in [-0.15, -0.1) is 0 Å². The Hall–Kier alpha value is -1.79. The molecule has 0 saturated carbocycles. The van der Waals surface area contributed by atoms with Crippen LogP contribution in [0.3, 0.4) is 0 Å². The monoisotopic (exact) mass is 364 g/mol. The number of benzene rings is 1. The van der Waals surface area contributed by atoms with Gasteiger partial charge in [0.2, 0.25) is 5.88 Å². The van der Waals surface area contributed by atoms with Crippen molar-refractivity contribution in [1.82, 2.24) is 5.01 Å². The van der Waals surface area contributed by atoms with E-state index in [1.54, 1.807) is 7.11 Å². The molecule has 3 rings (SSSR count). The molecule has 1 aromatic carbocycles. The molecule has 0 bridgehead atoms. The quantitative estimate of drug-likeness (QED) is 0.901. The number of hydrazine groups is 1.